The van der Waals surface area contributed by atoms with Crippen molar-refractivity contribution < 1.29 is 4.74 Å². The van der Waals surface area contributed by atoms with E-state index in [1.165, 1.54) is 6.42 Å². The second kappa shape index (κ2) is 7.30. The van der Waals surface area contributed by atoms with Crippen LogP contribution in [0.4, 0.5) is 0 Å². The largest absolute Gasteiger partial charge is 0.492 e. The van der Waals surface area contributed by atoms with Gasteiger partial charge in [-0.1, -0.05) is 38.5 Å². The molecule has 0 saturated carbocycles. The highest BCUT2D eigenvalue weighted by Gasteiger charge is 1.97. The molecule has 0 aliphatic carbocycles. The molecule has 1 N–H and O–H groups in total. The molecule has 2 nitrogen and oxygen atoms in total. The lowest BCUT2D eigenvalue weighted by Crippen LogP contribution is -2.25. The minimum absolute atomic E-state index is 0.737. The highest BCUT2D eigenvalue weighted by atomic mass is 16.5. The molecule has 1 aromatic carbocycles. The molecule has 0 saturated heterocycles. The Balaban J connectivity index is 2.03. The van der Waals surface area contributed by atoms with Crippen molar-refractivity contribution in [3.63, 3.8) is 0 Å². The van der Waals surface area contributed by atoms with Crippen LogP contribution in [0.25, 0.3) is 0 Å². The Morgan fingerprint density at radius 1 is 1.27 bits per heavy atom. The van der Waals surface area contributed by atoms with Crippen molar-refractivity contribution in [2.75, 3.05) is 19.7 Å². The first kappa shape index (κ1) is 12.1. The fraction of sp³-hybridized carbons (Fsp3) is 0.538. The van der Waals surface area contributed by atoms with Gasteiger partial charge in [-0.2, -0.15) is 0 Å². The summed E-state index contributed by atoms with van der Waals surface area (Å²) in [7, 11) is 0. The molecule has 0 aliphatic rings. The van der Waals surface area contributed by atoms with Crippen LogP contribution < -0.4 is 10.1 Å². The lowest BCUT2D eigenvalue weighted by molar-refractivity contribution is 0.309. The molecule has 0 radical (unpaired) electrons. The highest BCUT2D eigenvalue weighted by molar-refractivity contribution is 5.20. The highest BCUT2D eigenvalue weighted by Crippen LogP contribution is 2.07. The van der Waals surface area contributed by atoms with Crippen molar-refractivity contribution in [1.82, 2.24) is 5.32 Å². The zero-order valence-corrected chi connectivity index (χ0v) is 9.70. The van der Waals surface area contributed by atoms with Crippen LogP contribution in [0.15, 0.2) is 30.3 Å². The number of ether oxygens (including phenoxy) is 1. The molecule has 0 unspecified atom stereocenters. The van der Waals surface area contributed by atoms with Crippen molar-refractivity contribution in [1.29, 1.82) is 0 Å². The van der Waals surface area contributed by atoms with Crippen LogP contribution in [0, 0.1) is 5.92 Å². The first-order valence-corrected chi connectivity index (χ1v) is 5.71. The third kappa shape index (κ3) is 5.43. The second-order valence-electron chi connectivity index (χ2n) is 3.88. The summed E-state index contributed by atoms with van der Waals surface area (Å²) >= 11 is 0. The molecule has 0 spiro atoms. The Hall–Kier alpha value is -1.02. The lowest BCUT2D eigenvalue weighted by Gasteiger charge is -2.10. The van der Waals surface area contributed by atoms with Gasteiger partial charge in [0.15, 0.2) is 0 Å². The fourth-order valence-corrected chi connectivity index (χ4v) is 1.25. The normalized spacial score (nSPS) is 12.4. The van der Waals surface area contributed by atoms with Gasteiger partial charge in [-0.15, -0.1) is 0 Å². The minimum atomic E-state index is 0.737. The number of nitrogens with one attached hydrogen (secondary N) is 1. The quantitative estimate of drug-likeness (QED) is 0.694. The average Bonchev–Trinajstić information content (AvgIpc) is 2.29. The molecule has 84 valence electrons. The van der Waals surface area contributed by atoms with Crippen LogP contribution in [0.5, 0.6) is 5.75 Å². The van der Waals surface area contributed by atoms with E-state index in [-0.39, 0.29) is 0 Å². The first-order chi connectivity index (χ1) is 7.33. The molecule has 1 aromatic rings. The summed E-state index contributed by atoms with van der Waals surface area (Å²) in [6.07, 6.45) is 1.23. The summed E-state index contributed by atoms with van der Waals surface area (Å²) in [4.78, 5) is 0. The number of hydrogen-bond acceptors (Lipinski definition) is 2. The van der Waals surface area contributed by atoms with E-state index in [9.17, 15) is 0 Å². The Labute approximate surface area is 92.6 Å². The monoisotopic (exact) mass is 207 g/mol. The van der Waals surface area contributed by atoms with E-state index in [4.69, 9.17) is 4.74 Å². The average molecular weight is 207 g/mol. The maximum atomic E-state index is 5.56. The van der Waals surface area contributed by atoms with Gasteiger partial charge in [0.1, 0.15) is 12.4 Å². The van der Waals surface area contributed by atoms with Gasteiger partial charge in [0.05, 0.1) is 0 Å². The zero-order chi connectivity index (χ0) is 10.9. The molecular weight excluding hydrogens is 186 g/mol. The zero-order valence-electron chi connectivity index (χ0n) is 9.70. The number of benzene rings is 1. The van der Waals surface area contributed by atoms with Crippen molar-refractivity contribution in [3.05, 3.63) is 30.3 Å². The molecule has 0 aliphatic heterocycles. The SMILES string of the molecule is CC[C@@H](C)CNCCOc1ccccc1. The van der Waals surface area contributed by atoms with Gasteiger partial charge < -0.3 is 10.1 Å². The molecule has 1 rings (SSSR count). The lowest BCUT2D eigenvalue weighted by atomic mass is 10.1. The van der Waals surface area contributed by atoms with Crippen LogP contribution in [0.3, 0.4) is 0 Å². The van der Waals surface area contributed by atoms with E-state index in [1.54, 1.807) is 0 Å². The molecule has 0 bridgehead atoms. The molecular formula is C13H21NO. The topological polar surface area (TPSA) is 21.3 Å². The Kier molecular flexibility index (Phi) is 5.86. The Morgan fingerprint density at radius 2 is 2.00 bits per heavy atom. The molecule has 2 heteroatoms. The molecule has 0 aromatic heterocycles. The van der Waals surface area contributed by atoms with Crippen LogP contribution in [0.2, 0.25) is 0 Å². The number of rotatable bonds is 7. The van der Waals surface area contributed by atoms with E-state index in [0.29, 0.717) is 0 Å². The van der Waals surface area contributed by atoms with E-state index in [2.05, 4.69) is 19.2 Å². The molecule has 15 heavy (non-hydrogen) atoms. The van der Waals surface area contributed by atoms with Crippen LogP contribution in [0.1, 0.15) is 20.3 Å². The summed E-state index contributed by atoms with van der Waals surface area (Å²) in [6, 6.07) is 9.93. The molecule has 0 amide bonds. The van der Waals surface area contributed by atoms with Gasteiger partial charge in [-0.05, 0) is 24.6 Å². The number of para-hydroxylation sites is 1. The van der Waals surface area contributed by atoms with Gasteiger partial charge in [0.2, 0.25) is 0 Å². The Bertz CT molecular complexity index is 248. The predicted molar refractivity (Wildman–Crippen MR) is 64.3 cm³/mol. The van der Waals surface area contributed by atoms with Crippen molar-refractivity contribution in [3.8, 4) is 5.75 Å². The summed E-state index contributed by atoms with van der Waals surface area (Å²) in [6.45, 7) is 7.20. The summed E-state index contributed by atoms with van der Waals surface area (Å²) in [5, 5.41) is 3.38. The summed E-state index contributed by atoms with van der Waals surface area (Å²) < 4.78 is 5.56. The van der Waals surface area contributed by atoms with Gasteiger partial charge in [-0.3, -0.25) is 0 Å². The summed E-state index contributed by atoms with van der Waals surface area (Å²) in [5.74, 6) is 1.70. The van der Waals surface area contributed by atoms with Crippen molar-refractivity contribution in [2.45, 2.75) is 20.3 Å². The van der Waals surface area contributed by atoms with Gasteiger partial charge in [0, 0.05) is 6.54 Å². The van der Waals surface area contributed by atoms with Crippen LogP contribution in [-0.4, -0.2) is 19.7 Å². The maximum Gasteiger partial charge on any atom is 0.119 e. The van der Waals surface area contributed by atoms with E-state index in [0.717, 1.165) is 31.4 Å². The number of hydrogen-bond donors (Lipinski definition) is 1. The van der Waals surface area contributed by atoms with Crippen LogP contribution >= 0.6 is 0 Å². The van der Waals surface area contributed by atoms with Crippen molar-refractivity contribution >= 4 is 0 Å². The van der Waals surface area contributed by atoms with Crippen LogP contribution in [-0.2, 0) is 0 Å². The maximum absolute atomic E-state index is 5.56. The van der Waals surface area contributed by atoms with E-state index < -0.39 is 0 Å². The first-order valence-electron chi connectivity index (χ1n) is 5.71. The third-order valence-electron chi connectivity index (χ3n) is 2.48. The van der Waals surface area contributed by atoms with Gasteiger partial charge in [-0.25, -0.2) is 0 Å². The standard InChI is InChI=1S/C13H21NO/c1-3-12(2)11-14-9-10-15-13-7-5-4-6-8-13/h4-8,12,14H,3,9-11H2,1-2H3/t12-/m1/s1. The smallest absolute Gasteiger partial charge is 0.119 e. The molecule has 0 heterocycles. The molecule has 0 fully saturated rings. The summed E-state index contributed by atoms with van der Waals surface area (Å²) in [5.41, 5.74) is 0. The fourth-order valence-electron chi connectivity index (χ4n) is 1.25. The minimum Gasteiger partial charge on any atom is -0.492 e. The predicted octanol–water partition coefficient (Wildman–Crippen LogP) is 2.70. The van der Waals surface area contributed by atoms with Crippen molar-refractivity contribution in [2.24, 2.45) is 5.92 Å². The van der Waals surface area contributed by atoms with Gasteiger partial charge >= 0.3 is 0 Å². The van der Waals surface area contributed by atoms with Gasteiger partial charge in [0.25, 0.3) is 0 Å². The molecule has 1 atom stereocenters. The third-order valence-corrected chi connectivity index (χ3v) is 2.48. The van der Waals surface area contributed by atoms with E-state index >= 15 is 0 Å². The Morgan fingerprint density at radius 3 is 2.67 bits per heavy atom. The van der Waals surface area contributed by atoms with E-state index in [1.807, 2.05) is 30.3 Å². The second-order valence-corrected chi connectivity index (χ2v) is 3.88.